The Kier molecular flexibility index (Phi) is 7.34. The lowest BCUT2D eigenvalue weighted by molar-refractivity contribution is -0.305. The van der Waals surface area contributed by atoms with E-state index in [1.807, 2.05) is 60.7 Å². The maximum atomic E-state index is 10.5. The molecule has 0 amide bonds. The molecule has 0 bridgehead atoms. The molecule has 1 fully saturated rings. The van der Waals surface area contributed by atoms with E-state index in [1.165, 1.54) is 7.11 Å². The largest absolute Gasteiger partial charge is 0.387 e. The highest BCUT2D eigenvalue weighted by Gasteiger charge is 2.45. The van der Waals surface area contributed by atoms with Crippen LogP contribution in [0.15, 0.2) is 60.7 Å². The Bertz CT molecular complexity index is 665. The molecule has 2 aromatic rings. The van der Waals surface area contributed by atoms with Crippen molar-refractivity contribution in [2.45, 2.75) is 43.9 Å². The lowest BCUT2D eigenvalue weighted by Crippen LogP contribution is -2.60. The normalized spacial score (nSPS) is 28.2. The molecule has 6 heteroatoms. The SMILES string of the molecule is CO[C@H]1O[C@H](COCc2ccccc2)[C@H](OCc2ccccc2)[C@@H](O)[C@H]1O. The Balaban J connectivity index is 1.62. The van der Waals surface area contributed by atoms with Crippen molar-refractivity contribution >= 4 is 0 Å². The van der Waals surface area contributed by atoms with Gasteiger partial charge >= 0.3 is 0 Å². The number of hydrogen-bond donors (Lipinski definition) is 2. The van der Waals surface area contributed by atoms with Gasteiger partial charge in [0.2, 0.25) is 0 Å². The predicted octanol–water partition coefficient (Wildman–Crippen LogP) is 1.88. The number of methoxy groups -OCH3 is 1. The fourth-order valence-electron chi connectivity index (χ4n) is 3.07. The van der Waals surface area contributed by atoms with Crippen molar-refractivity contribution in [3.63, 3.8) is 0 Å². The monoisotopic (exact) mass is 374 g/mol. The minimum absolute atomic E-state index is 0.206. The van der Waals surface area contributed by atoms with Crippen LogP contribution in [-0.2, 0) is 32.2 Å². The van der Waals surface area contributed by atoms with Crippen LogP contribution in [0.3, 0.4) is 0 Å². The molecule has 0 aliphatic carbocycles. The van der Waals surface area contributed by atoms with Crippen molar-refractivity contribution in [1.82, 2.24) is 0 Å². The zero-order valence-corrected chi connectivity index (χ0v) is 15.3. The minimum Gasteiger partial charge on any atom is -0.387 e. The lowest BCUT2D eigenvalue weighted by atomic mass is 9.99. The van der Waals surface area contributed by atoms with Crippen LogP contribution >= 0.6 is 0 Å². The van der Waals surface area contributed by atoms with E-state index in [2.05, 4.69) is 0 Å². The smallest absolute Gasteiger partial charge is 0.186 e. The van der Waals surface area contributed by atoms with Gasteiger partial charge in [0.25, 0.3) is 0 Å². The van der Waals surface area contributed by atoms with Gasteiger partial charge in [0.05, 0.1) is 19.8 Å². The third kappa shape index (κ3) is 5.35. The van der Waals surface area contributed by atoms with E-state index in [-0.39, 0.29) is 6.61 Å². The van der Waals surface area contributed by atoms with E-state index >= 15 is 0 Å². The number of aliphatic hydroxyl groups is 2. The molecule has 146 valence electrons. The number of hydrogen-bond acceptors (Lipinski definition) is 6. The third-order valence-electron chi connectivity index (χ3n) is 4.55. The van der Waals surface area contributed by atoms with Crippen LogP contribution in [0.4, 0.5) is 0 Å². The number of ether oxygens (including phenoxy) is 4. The zero-order valence-electron chi connectivity index (χ0n) is 15.3. The molecule has 5 atom stereocenters. The first kappa shape index (κ1) is 19.9. The second-order valence-electron chi connectivity index (χ2n) is 6.52. The van der Waals surface area contributed by atoms with Gasteiger partial charge in [-0.3, -0.25) is 0 Å². The Morgan fingerprint density at radius 1 is 0.852 bits per heavy atom. The van der Waals surface area contributed by atoms with Crippen LogP contribution in [0.1, 0.15) is 11.1 Å². The Labute approximate surface area is 159 Å². The van der Waals surface area contributed by atoms with E-state index in [0.717, 1.165) is 11.1 Å². The summed E-state index contributed by atoms with van der Waals surface area (Å²) in [5.74, 6) is 0. The van der Waals surface area contributed by atoms with Gasteiger partial charge in [-0.15, -0.1) is 0 Å². The minimum atomic E-state index is -1.19. The van der Waals surface area contributed by atoms with Gasteiger partial charge in [0.1, 0.15) is 24.4 Å². The molecular formula is C21H26O6. The Morgan fingerprint density at radius 3 is 2.04 bits per heavy atom. The highest BCUT2D eigenvalue weighted by molar-refractivity contribution is 5.14. The van der Waals surface area contributed by atoms with Gasteiger partial charge in [-0.1, -0.05) is 60.7 Å². The second-order valence-corrected chi connectivity index (χ2v) is 6.52. The number of benzene rings is 2. The molecule has 1 saturated heterocycles. The van der Waals surface area contributed by atoms with Crippen molar-refractivity contribution in [3.8, 4) is 0 Å². The molecule has 2 aromatic carbocycles. The predicted molar refractivity (Wildman–Crippen MR) is 98.8 cm³/mol. The molecular weight excluding hydrogens is 348 g/mol. The average molecular weight is 374 g/mol. The Hall–Kier alpha value is -1.80. The van der Waals surface area contributed by atoms with E-state index in [1.54, 1.807) is 0 Å². The van der Waals surface area contributed by atoms with Gasteiger partial charge in [-0.2, -0.15) is 0 Å². The van der Waals surface area contributed by atoms with Gasteiger partial charge in [-0.25, -0.2) is 0 Å². The van der Waals surface area contributed by atoms with Crippen LogP contribution in [0, 0.1) is 0 Å². The van der Waals surface area contributed by atoms with Gasteiger partial charge in [-0.05, 0) is 11.1 Å². The number of rotatable bonds is 8. The van der Waals surface area contributed by atoms with Crippen LogP contribution in [0.5, 0.6) is 0 Å². The molecule has 27 heavy (non-hydrogen) atoms. The van der Waals surface area contributed by atoms with E-state index in [9.17, 15) is 10.2 Å². The fraction of sp³-hybridized carbons (Fsp3) is 0.429. The van der Waals surface area contributed by atoms with E-state index < -0.39 is 30.7 Å². The second kappa shape index (κ2) is 9.94. The molecule has 0 spiro atoms. The van der Waals surface area contributed by atoms with Gasteiger partial charge < -0.3 is 29.2 Å². The van der Waals surface area contributed by atoms with Crippen LogP contribution in [-0.4, -0.2) is 54.6 Å². The van der Waals surface area contributed by atoms with Crippen molar-refractivity contribution in [3.05, 3.63) is 71.8 Å². The summed E-state index contributed by atoms with van der Waals surface area (Å²) in [6.45, 7) is 0.922. The van der Waals surface area contributed by atoms with Crippen LogP contribution in [0.25, 0.3) is 0 Å². The highest BCUT2D eigenvalue weighted by Crippen LogP contribution is 2.25. The maximum Gasteiger partial charge on any atom is 0.186 e. The molecule has 0 saturated carbocycles. The van der Waals surface area contributed by atoms with E-state index in [4.69, 9.17) is 18.9 Å². The molecule has 1 aliphatic heterocycles. The third-order valence-corrected chi connectivity index (χ3v) is 4.55. The summed E-state index contributed by atoms with van der Waals surface area (Å²) in [4.78, 5) is 0. The Morgan fingerprint density at radius 2 is 1.44 bits per heavy atom. The standard InChI is InChI=1S/C21H26O6/c1-24-21-19(23)18(22)20(26-13-16-10-6-3-7-11-16)17(27-21)14-25-12-15-8-4-2-5-9-15/h2-11,17-23H,12-14H2,1H3/t17-,18+,19-,20+,21+/m1/s1. The molecule has 0 aromatic heterocycles. The topological polar surface area (TPSA) is 77.4 Å². The summed E-state index contributed by atoms with van der Waals surface area (Å²) in [5.41, 5.74) is 2.01. The van der Waals surface area contributed by atoms with Crippen molar-refractivity contribution in [2.75, 3.05) is 13.7 Å². The molecule has 0 unspecified atom stereocenters. The van der Waals surface area contributed by atoms with Gasteiger partial charge in [0.15, 0.2) is 6.29 Å². The highest BCUT2D eigenvalue weighted by atomic mass is 16.7. The molecule has 6 nitrogen and oxygen atoms in total. The summed E-state index contributed by atoms with van der Waals surface area (Å²) in [6, 6.07) is 19.4. The molecule has 3 rings (SSSR count). The molecule has 0 radical (unpaired) electrons. The first-order valence-electron chi connectivity index (χ1n) is 9.00. The summed E-state index contributed by atoms with van der Waals surface area (Å²) in [5, 5.41) is 20.7. The van der Waals surface area contributed by atoms with Crippen LogP contribution < -0.4 is 0 Å². The van der Waals surface area contributed by atoms with Crippen molar-refractivity contribution in [2.24, 2.45) is 0 Å². The molecule has 2 N–H and O–H groups in total. The number of aliphatic hydroxyl groups excluding tert-OH is 2. The quantitative estimate of drug-likeness (QED) is 0.735. The van der Waals surface area contributed by atoms with Crippen molar-refractivity contribution < 1.29 is 29.2 Å². The summed E-state index contributed by atoms with van der Waals surface area (Å²) in [7, 11) is 1.42. The summed E-state index contributed by atoms with van der Waals surface area (Å²) >= 11 is 0. The lowest BCUT2D eigenvalue weighted by Gasteiger charge is -2.41. The first-order valence-corrected chi connectivity index (χ1v) is 9.00. The summed E-state index contributed by atoms with van der Waals surface area (Å²) in [6.07, 6.45) is -4.57. The van der Waals surface area contributed by atoms with Crippen molar-refractivity contribution in [1.29, 1.82) is 0 Å². The maximum absolute atomic E-state index is 10.5. The zero-order chi connectivity index (χ0) is 19.1. The first-order chi connectivity index (χ1) is 13.2. The van der Waals surface area contributed by atoms with Crippen LogP contribution in [0.2, 0.25) is 0 Å². The molecule has 1 aliphatic rings. The van der Waals surface area contributed by atoms with E-state index in [0.29, 0.717) is 13.2 Å². The summed E-state index contributed by atoms with van der Waals surface area (Å²) < 4.78 is 22.6. The van der Waals surface area contributed by atoms with Gasteiger partial charge in [0, 0.05) is 7.11 Å². The molecule has 1 heterocycles. The fourth-order valence-corrected chi connectivity index (χ4v) is 3.07. The average Bonchev–Trinajstić information content (AvgIpc) is 2.71.